The number of nitriles is 1. The largest absolute Gasteiger partial charge is 0.264 e. The smallest absolute Gasteiger partial charge is 0.263 e. The second-order valence-corrected chi connectivity index (χ2v) is 6.65. The summed E-state index contributed by atoms with van der Waals surface area (Å²) in [5.41, 5.74) is 0.251. The Morgan fingerprint density at radius 2 is 2.14 bits per heavy atom. The molecular weight excluding hydrogens is 361 g/mol. The number of aromatic nitrogens is 1. The number of benzene rings is 1. The van der Waals surface area contributed by atoms with E-state index in [1.54, 1.807) is 13.0 Å². The molecule has 0 aliphatic carbocycles. The van der Waals surface area contributed by atoms with Crippen molar-refractivity contribution in [3.05, 3.63) is 51.9 Å². The van der Waals surface area contributed by atoms with E-state index in [1.165, 1.54) is 18.3 Å². The first-order valence-corrected chi connectivity index (χ1v) is 7.96. The lowest BCUT2D eigenvalue weighted by Gasteiger charge is -2.10. The summed E-state index contributed by atoms with van der Waals surface area (Å²) < 4.78 is 41.0. The molecule has 21 heavy (non-hydrogen) atoms. The number of hydrogen-bond donors (Lipinski definition) is 1. The van der Waals surface area contributed by atoms with Crippen LogP contribution in [0.25, 0.3) is 0 Å². The highest BCUT2D eigenvalue weighted by Gasteiger charge is 2.21. The van der Waals surface area contributed by atoms with Crippen LogP contribution in [0.15, 0.2) is 39.8 Å². The van der Waals surface area contributed by atoms with E-state index in [0.29, 0.717) is 0 Å². The molecule has 2 rings (SSSR count). The van der Waals surface area contributed by atoms with E-state index in [9.17, 15) is 12.8 Å². The predicted octanol–water partition coefficient (Wildman–Crippen LogP) is 2.96. The summed E-state index contributed by atoms with van der Waals surface area (Å²) in [6, 6.07) is 6.49. The van der Waals surface area contributed by atoms with Crippen LogP contribution >= 0.6 is 15.9 Å². The number of nitrogens with zero attached hydrogens (tertiary/aromatic N) is 2. The third-order valence-corrected chi connectivity index (χ3v) is 4.89. The van der Waals surface area contributed by atoms with Crippen LogP contribution < -0.4 is 4.72 Å². The highest BCUT2D eigenvalue weighted by molar-refractivity contribution is 9.10. The van der Waals surface area contributed by atoms with Crippen molar-refractivity contribution in [2.24, 2.45) is 0 Å². The number of halogens is 2. The van der Waals surface area contributed by atoms with E-state index in [1.807, 2.05) is 0 Å². The Balaban J connectivity index is 2.46. The van der Waals surface area contributed by atoms with Crippen molar-refractivity contribution >= 4 is 31.8 Å². The molecule has 1 heterocycles. The minimum atomic E-state index is -4.10. The monoisotopic (exact) mass is 369 g/mol. The standard InChI is InChI=1S/C13H9BrFN3O2S/c1-8-5-13(17-7-10(8)14)18-21(19,20)12-4-2-3-11(15)9(12)6-16/h2-5,7H,1H3,(H,17,18). The van der Waals surface area contributed by atoms with Gasteiger partial charge in [0.25, 0.3) is 10.0 Å². The van der Waals surface area contributed by atoms with Gasteiger partial charge in [0.2, 0.25) is 0 Å². The maximum atomic E-state index is 13.5. The van der Waals surface area contributed by atoms with Gasteiger partial charge in [-0.3, -0.25) is 4.72 Å². The lowest BCUT2D eigenvalue weighted by atomic mass is 10.2. The Morgan fingerprint density at radius 1 is 1.43 bits per heavy atom. The Morgan fingerprint density at radius 3 is 2.76 bits per heavy atom. The van der Waals surface area contributed by atoms with Crippen LogP contribution in [0.1, 0.15) is 11.1 Å². The molecule has 0 aliphatic heterocycles. The molecule has 1 aromatic heterocycles. The summed E-state index contributed by atoms with van der Waals surface area (Å²) in [5, 5.41) is 8.91. The molecule has 0 saturated carbocycles. The molecule has 0 spiro atoms. The third-order valence-electron chi connectivity index (χ3n) is 2.66. The SMILES string of the molecule is Cc1cc(NS(=O)(=O)c2cccc(F)c2C#N)ncc1Br. The van der Waals surface area contributed by atoms with E-state index in [0.717, 1.165) is 22.2 Å². The molecule has 0 bridgehead atoms. The summed E-state index contributed by atoms with van der Waals surface area (Å²) in [4.78, 5) is 3.49. The fourth-order valence-corrected chi connectivity index (χ4v) is 3.01. The van der Waals surface area contributed by atoms with E-state index >= 15 is 0 Å². The van der Waals surface area contributed by atoms with E-state index < -0.39 is 26.3 Å². The number of hydrogen-bond acceptors (Lipinski definition) is 4. The number of anilines is 1. The summed E-state index contributed by atoms with van der Waals surface area (Å²) in [6.45, 7) is 1.77. The number of pyridine rings is 1. The van der Waals surface area contributed by atoms with Gasteiger partial charge in [0.05, 0.1) is 0 Å². The van der Waals surface area contributed by atoms with Gasteiger partial charge in [-0.15, -0.1) is 0 Å². The molecule has 1 N–H and O–H groups in total. The van der Waals surface area contributed by atoms with Crippen LogP contribution in [-0.2, 0) is 10.0 Å². The van der Waals surface area contributed by atoms with Crippen LogP contribution in [0.4, 0.5) is 10.2 Å². The molecule has 0 unspecified atom stereocenters. The molecule has 0 fully saturated rings. The number of sulfonamides is 1. The Hall–Kier alpha value is -1.98. The molecule has 2 aromatic rings. The second kappa shape index (κ2) is 5.79. The first-order valence-electron chi connectivity index (χ1n) is 5.69. The molecule has 0 radical (unpaired) electrons. The van der Waals surface area contributed by atoms with Crippen molar-refractivity contribution < 1.29 is 12.8 Å². The van der Waals surface area contributed by atoms with Gasteiger partial charge in [-0.1, -0.05) is 6.07 Å². The number of nitrogens with one attached hydrogen (secondary N) is 1. The van der Waals surface area contributed by atoms with Crippen molar-refractivity contribution in [1.82, 2.24) is 4.98 Å². The Kier molecular flexibility index (Phi) is 4.25. The number of rotatable bonds is 3. The van der Waals surface area contributed by atoms with Gasteiger partial charge in [0, 0.05) is 10.7 Å². The average molecular weight is 370 g/mol. The molecule has 5 nitrogen and oxygen atoms in total. The number of aryl methyl sites for hydroxylation is 1. The van der Waals surface area contributed by atoms with Gasteiger partial charge in [-0.25, -0.2) is 17.8 Å². The average Bonchev–Trinajstić information content (AvgIpc) is 2.42. The summed E-state index contributed by atoms with van der Waals surface area (Å²) in [7, 11) is -4.10. The minimum Gasteiger partial charge on any atom is -0.263 e. The maximum absolute atomic E-state index is 13.5. The fraction of sp³-hybridized carbons (Fsp3) is 0.0769. The van der Waals surface area contributed by atoms with E-state index in [-0.39, 0.29) is 5.82 Å². The quantitative estimate of drug-likeness (QED) is 0.901. The molecular formula is C13H9BrFN3O2S. The highest BCUT2D eigenvalue weighted by atomic mass is 79.9. The summed E-state index contributed by atoms with van der Waals surface area (Å²) in [5.74, 6) is -0.802. The summed E-state index contributed by atoms with van der Waals surface area (Å²) >= 11 is 3.25. The van der Waals surface area contributed by atoms with E-state index in [2.05, 4.69) is 25.6 Å². The molecule has 8 heteroatoms. The lowest BCUT2D eigenvalue weighted by Crippen LogP contribution is -2.16. The predicted molar refractivity (Wildman–Crippen MR) is 78.6 cm³/mol. The normalized spacial score (nSPS) is 11.0. The minimum absolute atomic E-state index is 0.0869. The Labute approximate surface area is 129 Å². The van der Waals surface area contributed by atoms with Crippen molar-refractivity contribution in [1.29, 1.82) is 5.26 Å². The van der Waals surface area contributed by atoms with Gasteiger partial charge in [-0.05, 0) is 46.6 Å². The van der Waals surface area contributed by atoms with Crippen molar-refractivity contribution in [2.75, 3.05) is 4.72 Å². The van der Waals surface area contributed by atoms with Crippen LogP contribution in [0.3, 0.4) is 0 Å². The van der Waals surface area contributed by atoms with Gasteiger partial charge >= 0.3 is 0 Å². The van der Waals surface area contributed by atoms with Crippen LogP contribution in [-0.4, -0.2) is 13.4 Å². The van der Waals surface area contributed by atoms with Crippen LogP contribution in [0.2, 0.25) is 0 Å². The third kappa shape index (κ3) is 3.20. The van der Waals surface area contributed by atoms with Gasteiger partial charge < -0.3 is 0 Å². The van der Waals surface area contributed by atoms with Crippen molar-refractivity contribution in [3.63, 3.8) is 0 Å². The molecule has 108 valence electrons. The first kappa shape index (κ1) is 15.4. The van der Waals surface area contributed by atoms with Gasteiger partial charge in [-0.2, -0.15) is 5.26 Å². The zero-order valence-electron chi connectivity index (χ0n) is 10.8. The van der Waals surface area contributed by atoms with Gasteiger partial charge in [0.15, 0.2) is 0 Å². The highest BCUT2D eigenvalue weighted by Crippen LogP contribution is 2.22. The molecule has 0 aliphatic rings. The van der Waals surface area contributed by atoms with E-state index in [4.69, 9.17) is 5.26 Å². The zero-order chi connectivity index (χ0) is 15.6. The van der Waals surface area contributed by atoms with Crippen LogP contribution in [0, 0.1) is 24.1 Å². The first-order chi connectivity index (χ1) is 9.85. The lowest BCUT2D eigenvalue weighted by molar-refractivity contribution is 0.593. The Bertz CT molecular complexity index is 847. The fourth-order valence-electron chi connectivity index (χ4n) is 1.62. The zero-order valence-corrected chi connectivity index (χ0v) is 13.2. The van der Waals surface area contributed by atoms with Crippen molar-refractivity contribution in [2.45, 2.75) is 11.8 Å². The summed E-state index contributed by atoms with van der Waals surface area (Å²) in [6.07, 6.45) is 1.45. The molecule has 0 atom stereocenters. The molecule has 0 saturated heterocycles. The van der Waals surface area contributed by atoms with Gasteiger partial charge in [0.1, 0.15) is 28.2 Å². The molecule has 0 amide bonds. The van der Waals surface area contributed by atoms with Crippen molar-refractivity contribution in [3.8, 4) is 6.07 Å². The second-order valence-electron chi connectivity index (χ2n) is 4.15. The van der Waals surface area contributed by atoms with Crippen LogP contribution in [0.5, 0.6) is 0 Å². The molecule has 1 aromatic carbocycles. The topological polar surface area (TPSA) is 82.9 Å². The maximum Gasteiger partial charge on any atom is 0.264 e.